The maximum absolute atomic E-state index is 12.4. The second-order valence-corrected chi connectivity index (χ2v) is 6.60. The molecular weight excluding hydrogens is 326 g/mol. The molecule has 2 aromatic carbocycles. The summed E-state index contributed by atoms with van der Waals surface area (Å²) < 4.78 is 11.6. The fraction of sp³-hybridized carbons (Fsp3) is 0.409. The first kappa shape index (κ1) is 19.8. The number of hydrogen-bond acceptors (Lipinski definition) is 3. The van der Waals surface area contributed by atoms with Gasteiger partial charge in [-0.15, -0.1) is 0 Å². The van der Waals surface area contributed by atoms with Crippen molar-refractivity contribution in [2.75, 3.05) is 13.2 Å². The number of hydrogen-bond donors (Lipinski definition) is 1. The third kappa shape index (κ3) is 5.25. The number of amides is 1. The lowest BCUT2D eigenvalue weighted by atomic mass is 10.1. The lowest BCUT2D eigenvalue weighted by Crippen LogP contribution is -2.39. The van der Waals surface area contributed by atoms with Crippen LogP contribution in [0.1, 0.15) is 35.6 Å². The lowest BCUT2D eigenvalue weighted by Gasteiger charge is -2.19. The Hall–Kier alpha value is -2.49. The molecule has 0 radical (unpaired) electrons. The summed E-state index contributed by atoms with van der Waals surface area (Å²) >= 11 is 0. The van der Waals surface area contributed by atoms with Gasteiger partial charge in [-0.2, -0.15) is 0 Å². The van der Waals surface area contributed by atoms with Crippen LogP contribution >= 0.6 is 0 Å². The SMILES string of the molecule is CC[C@@H](Oc1cccc(C)c1C)C(=O)NCCOc1ccc(C)c(C)c1. The summed E-state index contributed by atoms with van der Waals surface area (Å²) in [6.45, 7) is 11.0. The van der Waals surface area contributed by atoms with Gasteiger partial charge in [0.25, 0.3) is 5.91 Å². The van der Waals surface area contributed by atoms with Gasteiger partial charge in [-0.3, -0.25) is 4.79 Å². The van der Waals surface area contributed by atoms with Gasteiger partial charge in [-0.05, 0) is 74.6 Å². The topological polar surface area (TPSA) is 47.6 Å². The van der Waals surface area contributed by atoms with Crippen molar-refractivity contribution in [2.45, 2.75) is 47.1 Å². The van der Waals surface area contributed by atoms with Gasteiger partial charge < -0.3 is 14.8 Å². The van der Waals surface area contributed by atoms with Crippen LogP contribution in [0.4, 0.5) is 0 Å². The average molecular weight is 355 g/mol. The van der Waals surface area contributed by atoms with Gasteiger partial charge >= 0.3 is 0 Å². The van der Waals surface area contributed by atoms with Gasteiger partial charge in [0.2, 0.25) is 0 Å². The summed E-state index contributed by atoms with van der Waals surface area (Å²) in [5.74, 6) is 1.47. The molecule has 4 nitrogen and oxygen atoms in total. The molecule has 2 aromatic rings. The van der Waals surface area contributed by atoms with Gasteiger partial charge in [-0.25, -0.2) is 0 Å². The summed E-state index contributed by atoms with van der Waals surface area (Å²) in [6.07, 6.45) is 0.106. The number of nitrogens with one attached hydrogen (secondary N) is 1. The van der Waals surface area contributed by atoms with E-state index in [-0.39, 0.29) is 5.91 Å². The Bertz CT molecular complexity index is 755. The van der Waals surface area contributed by atoms with Crippen LogP contribution in [0.2, 0.25) is 0 Å². The summed E-state index contributed by atoms with van der Waals surface area (Å²) in [5.41, 5.74) is 4.65. The van der Waals surface area contributed by atoms with Crippen LogP contribution in [0.3, 0.4) is 0 Å². The number of rotatable bonds is 8. The maximum atomic E-state index is 12.4. The second kappa shape index (κ2) is 9.27. The van der Waals surface area contributed by atoms with Gasteiger partial charge in [0.05, 0.1) is 6.54 Å². The van der Waals surface area contributed by atoms with Crippen molar-refractivity contribution in [3.63, 3.8) is 0 Å². The Labute approximate surface area is 156 Å². The first-order chi connectivity index (χ1) is 12.4. The van der Waals surface area contributed by atoms with Crippen LogP contribution in [0, 0.1) is 27.7 Å². The lowest BCUT2D eigenvalue weighted by molar-refractivity contribution is -0.128. The number of ether oxygens (including phenoxy) is 2. The third-order valence-electron chi connectivity index (χ3n) is 4.64. The van der Waals surface area contributed by atoms with Crippen molar-refractivity contribution in [3.05, 3.63) is 58.7 Å². The largest absolute Gasteiger partial charge is 0.492 e. The van der Waals surface area contributed by atoms with E-state index in [0.29, 0.717) is 19.6 Å². The van der Waals surface area contributed by atoms with Crippen LogP contribution in [0.5, 0.6) is 11.5 Å². The van der Waals surface area contributed by atoms with Crippen LogP contribution in [-0.4, -0.2) is 25.2 Å². The van der Waals surface area contributed by atoms with Crippen molar-refractivity contribution < 1.29 is 14.3 Å². The van der Waals surface area contributed by atoms with Gasteiger partial charge in [-0.1, -0.05) is 25.1 Å². The molecule has 0 aliphatic rings. The van der Waals surface area contributed by atoms with E-state index < -0.39 is 6.10 Å². The fourth-order valence-corrected chi connectivity index (χ4v) is 2.59. The van der Waals surface area contributed by atoms with Crippen molar-refractivity contribution in [3.8, 4) is 11.5 Å². The molecule has 0 aliphatic carbocycles. The average Bonchev–Trinajstić information content (AvgIpc) is 2.62. The standard InChI is InChI=1S/C22H29NO3/c1-6-20(26-21-9-7-8-16(3)18(21)5)22(24)23-12-13-25-19-11-10-15(2)17(4)14-19/h7-11,14,20H,6,12-13H2,1-5H3,(H,23,24)/t20-/m1/s1. The molecule has 0 heterocycles. The molecule has 1 atom stereocenters. The molecule has 0 saturated heterocycles. The summed E-state index contributed by atoms with van der Waals surface area (Å²) in [4.78, 5) is 12.4. The Morgan fingerprint density at radius 1 is 1.04 bits per heavy atom. The third-order valence-corrected chi connectivity index (χ3v) is 4.64. The zero-order valence-electron chi connectivity index (χ0n) is 16.4. The first-order valence-corrected chi connectivity index (χ1v) is 9.13. The molecule has 0 bridgehead atoms. The van der Waals surface area contributed by atoms with Crippen molar-refractivity contribution in [2.24, 2.45) is 0 Å². The minimum atomic E-state index is -0.503. The van der Waals surface area contributed by atoms with Crippen molar-refractivity contribution in [1.82, 2.24) is 5.32 Å². The molecule has 26 heavy (non-hydrogen) atoms. The van der Waals surface area contributed by atoms with Crippen LogP contribution < -0.4 is 14.8 Å². The predicted octanol–water partition coefficient (Wildman–Crippen LogP) is 4.27. The van der Waals surface area contributed by atoms with E-state index in [0.717, 1.165) is 22.6 Å². The van der Waals surface area contributed by atoms with Gasteiger partial charge in [0.15, 0.2) is 6.10 Å². The molecule has 2 rings (SSSR count). The summed E-state index contributed by atoms with van der Waals surface area (Å²) in [7, 11) is 0. The number of carbonyl (C=O) groups excluding carboxylic acids is 1. The molecule has 0 spiro atoms. The number of benzene rings is 2. The van der Waals surface area contributed by atoms with E-state index in [9.17, 15) is 4.79 Å². The maximum Gasteiger partial charge on any atom is 0.261 e. The monoisotopic (exact) mass is 355 g/mol. The van der Waals surface area contributed by atoms with Crippen LogP contribution in [0.15, 0.2) is 36.4 Å². The molecule has 0 saturated carbocycles. The molecule has 1 N–H and O–H groups in total. The Morgan fingerprint density at radius 2 is 1.81 bits per heavy atom. The second-order valence-electron chi connectivity index (χ2n) is 6.60. The molecular formula is C22H29NO3. The molecule has 0 aromatic heterocycles. The van der Waals surface area contributed by atoms with Crippen LogP contribution in [-0.2, 0) is 4.79 Å². The minimum absolute atomic E-state index is 0.114. The Morgan fingerprint density at radius 3 is 2.50 bits per heavy atom. The quantitative estimate of drug-likeness (QED) is 0.719. The Kier molecular flexibility index (Phi) is 7.07. The van der Waals surface area contributed by atoms with Crippen molar-refractivity contribution in [1.29, 1.82) is 0 Å². The zero-order chi connectivity index (χ0) is 19.1. The predicted molar refractivity (Wildman–Crippen MR) is 105 cm³/mol. The smallest absolute Gasteiger partial charge is 0.261 e. The highest BCUT2D eigenvalue weighted by Gasteiger charge is 2.19. The molecule has 1 amide bonds. The van der Waals surface area contributed by atoms with E-state index in [1.165, 1.54) is 11.1 Å². The highest BCUT2D eigenvalue weighted by atomic mass is 16.5. The zero-order valence-corrected chi connectivity index (χ0v) is 16.4. The molecule has 4 heteroatoms. The van der Waals surface area contributed by atoms with E-state index >= 15 is 0 Å². The number of aryl methyl sites for hydroxylation is 3. The van der Waals surface area contributed by atoms with E-state index in [4.69, 9.17) is 9.47 Å². The van der Waals surface area contributed by atoms with Gasteiger partial charge in [0.1, 0.15) is 18.1 Å². The molecule has 0 unspecified atom stereocenters. The molecule has 0 aliphatic heterocycles. The van der Waals surface area contributed by atoms with E-state index in [1.54, 1.807) is 0 Å². The summed E-state index contributed by atoms with van der Waals surface area (Å²) in [6, 6.07) is 11.9. The van der Waals surface area contributed by atoms with Crippen molar-refractivity contribution >= 4 is 5.91 Å². The highest BCUT2D eigenvalue weighted by molar-refractivity contribution is 5.81. The van der Waals surface area contributed by atoms with Crippen LogP contribution in [0.25, 0.3) is 0 Å². The molecule has 140 valence electrons. The van der Waals surface area contributed by atoms with E-state index in [1.807, 2.05) is 57.2 Å². The number of carbonyl (C=O) groups is 1. The van der Waals surface area contributed by atoms with Gasteiger partial charge in [0, 0.05) is 0 Å². The fourth-order valence-electron chi connectivity index (χ4n) is 2.59. The molecule has 0 fully saturated rings. The Balaban J connectivity index is 1.83. The van der Waals surface area contributed by atoms with E-state index in [2.05, 4.69) is 19.2 Å². The normalized spacial score (nSPS) is 11.7. The highest BCUT2D eigenvalue weighted by Crippen LogP contribution is 2.22. The summed E-state index contributed by atoms with van der Waals surface area (Å²) in [5, 5.41) is 2.90. The minimum Gasteiger partial charge on any atom is -0.492 e. The first-order valence-electron chi connectivity index (χ1n) is 9.13.